The molecule has 4 heterocycles. The summed E-state index contributed by atoms with van der Waals surface area (Å²) in [5.41, 5.74) is -2.73. The predicted molar refractivity (Wildman–Crippen MR) is 319 cm³/mol. The second kappa shape index (κ2) is 31.6. The van der Waals surface area contributed by atoms with Crippen molar-refractivity contribution in [1.82, 2.24) is 50.4 Å². The van der Waals surface area contributed by atoms with Crippen molar-refractivity contribution in [3.8, 4) is 6.07 Å². The quantitative estimate of drug-likeness (QED) is 0.0451. The molecule has 2 aliphatic carbocycles. The average Bonchev–Trinajstić information content (AvgIpc) is 1.21. The largest absolute Gasteiger partial charge is 0.512 e. The molecule has 2 saturated carbocycles. The van der Waals surface area contributed by atoms with Gasteiger partial charge in [-0.15, -0.1) is 10.2 Å². The Hall–Kier alpha value is -7.89. The Morgan fingerprint density at radius 2 is 0.913 bits per heavy atom. The number of nitrogens with zero attached hydrogens (tertiary/aromatic N) is 16. The molecule has 0 spiro atoms. The summed E-state index contributed by atoms with van der Waals surface area (Å²) in [6.07, 6.45) is -10.8. The van der Waals surface area contributed by atoms with Crippen LogP contribution >= 0.6 is 15.9 Å². The van der Waals surface area contributed by atoms with E-state index >= 15 is 0 Å². The first kappa shape index (κ1) is 71.5. The van der Waals surface area contributed by atoms with Crippen LogP contribution in [0.25, 0.3) is 21.8 Å². The van der Waals surface area contributed by atoms with E-state index in [1.54, 1.807) is 25.4 Å². The number of hydrogen-bond donors (Lipinski definition) is 0. The standard InChI is InChI=1S/C30H30F6N8.C29H30BrF6N7.CH2F.CN.Cu.H/c1-3-43(16-19-6-4-5-7-19)27-23(13-22-9-8-20(15-37)12-26(22)38-27)18-44(28-39-41-42(2)40-28)17-21-10-24(29(31,32)33)14-25(11-21)30(34,35)36;1-3-42(15-18-6-4-5-7-18)26-21(12-20-8-9-24(30)14-25(20)37-26)17-43(27-38-40-41(2)39-27)16-19-10-22(28(31,32)33)13-23(11-19)29(34,35)36;2*1-2;;/h8-14,19H,3-7,16-18H2,1-2H3;8-14,18H,3-7,15-17H2,1-2H3;1H2;;;/q;;2*-1;;/i;;;;;1+1. The van der Waals surface area contributed by atoms with E-state index in [-0.39, 0.29) is 61.3 Å². The number of halogens is 14. The van der Waals surface area contributed by atoms with Crippen molar-refractivity contribution in [3.05, 3.63) is 153 Å². The third-order valence-electron chi connectivity index (χ3n) is 15.4. The fourth-order valence-electron chi connectivity index (χ4n) is 11.2. The molecule has 0 aliphatic heterocycles. The van der Waals surface area contributed by atoms with Gasteiger partial charge in [-0.25, -0.2) is 9.97 Å². The van der Waals surface area contributed by atoms with Crippen molar-refractivity contribution >= 4 is 61.3 Å². The van der Waals surface area contributed by atoms with Crippen LogP contribution in [0.4, 0.5) is 80.6 Å². The van der Waals surface area contributed by atoms with Crippen LogP contribution in [0.1, 0.15) is 115 Å². The zero-order valence-electron chi connectivity index (χ0n) is 51.0. The Morgan fingerprint density at radius 3 is 1.24 bits per heavy atom. The number of aryl methyl sites for hydroxylation is 2. The van der Waals surface area contributed by atoms with Crippen LogP contribution in [0.2, 0.25) is 0 Å². The molecule has 0 N–H and O–H groups in total. The van der Waals surface area contributed by atoms with E-state index in [4.69, 9.17) is 22.8 Å². The molecule has 2 aliphatic rings. The molecule has 31 heteroatoms. The summed E-state index contributed by atoms with van der Waals surface area (Å²) in [5, 5.41) is 41.5. The van der Waals surface area contributed by atoms with Gasteiger partial charge in [0.2, 0.25) is 0 Å². The first-order valence-electron chi connectivity index (χ1n) is 28.9. The zero-order chi connectivity index (χ0) is 68.6. The fraction of sp³-hybridized carbons (Fsp3) is 0.426. The SMILES string of the molecule is CCN(CC1CCCC1)c1nc2cc(Br)ccc2cc1CN(Cc1cc(C(F)(F)F)cc(C(F)(F)F)c1)c1nnn(C)n1.CCN(CC1CCCC1)c1nc2cc(C#N)ccc2cc1CN(Cc1cc(C(F)(F)F)cc(C(F)(F)F)c1)c1nnn(C)n1.[2H][Cu].[C-]#N.[CH2-]F. The second-order valence-corrected chi connectivity index (χ2v) is 22.8. The van der Waals surface area contributed by atoms with Crippen LogP contribution in [-0.2, 0) is 81.9 Å². The summed E-state index contributed by atoms with van der Waals surface area (Å²) < 4.78 is 179. The minimum atomic E-state index is -4.98. The minimum Gasteiger partial charge on any atom is -0.512 e. The van der Waals surface area contributed by atoms with E-state index in [0.29, 0.717) is 65.3 Å². The van der Waals surface area contributed by atoms with Crippen LogP contribution in [0, 0.1) is 42.2 Å². The van der Waals surface area contributed by atoms with Crippen LogP contribution in [0.3, 0.4) is 0 Å². The third kappa shape index (κ3) is 19.1. The average molecular weight is 1410 g/mol. The Kier molecular flexibility index (Phi) is 24.6. The molecule has 0 atom stereocenters. The Labute approximate surface area is 541 Å². The monoisotopic (exact) mass is 1410 g/mol. The molecule has 4 aromatic heterocycles. The molecule has 0 saturated heterocycles. The van der Waals surface area contributed by atoms with Gasteiger partial charge in [-0.05, 0) is 146 Å². The van der Waals surface area contributed by atoms with Crippen molar-refractivity contribution in [2.75, 3.05) is 45.8 Å². The molecular formula is C61H63BrCuF13N16-2. The van der Waals surface area contributed by atoms with Crippen molar-refractivity contribution in [2.45, 2.75) is 116 Å². The third-order valence-corrected chi connectivity index (χ3v) is 15.9. The molecule has 16 nitrogen and oxygen atoms in total. The molecular weight excluding hydrogens is 1350 g/mol. The summed E-state index contributed by atoms with van der Waals surface area (Å²) in [6, 6.07) is 19.9. The molecule has 2 fully saturated rings. The van der Waals surface area contributed by atoms with Crippen molar-refractivity contribution in [2.24, 2.45) is 25.9 Å². The van der Waals surface area contributed by atoms with E-state index in [1.165, 1.54) is 41.5 Å². The molecule has 0 amide bonds. The summed E-state index contributed by atoms with van der Waals surface area (Å²) in [6.45, 7) is 11.0. The molecule has 0 unspecified atom stereocenters. The molecule has 8 aromatic rings. The van der Waals surface area contributed by atoms with Gasteiger partial charge in [0.05, 0.1) is 59.0 Å². The van der Waals surface area contributed by atoms with Gasteiger partial charge in [-0.2, -0.15) is 74.7 Å². The van der Waals surface area contributed by atoms with Gasteiger partial charge in [0.15, 0.2) is 0 Å². The number of aromatic nitrogens is 10. The molecule has 4 aromatic carbocycles. The maximum atomic E-state index is 13.6. The molecule has 0 bridgehead atoms. The maximum Gasteiger partial charge on any atom is -0.183 e. The smallest absolute Gasteiger partial charge is 0.183 e. The van der Waals surface area contributed by atoms with Gasteiger partial charge in [-0.3, -0.25) is 0 Å². The summed E-state index contributed by atoms with van der Waals surface area (Å²) in [7, 11) is 4.79. The predicted octanol–water partition coefficient (Wildman–Crippen LogP) is 15.2. The van der Waals surface area contributed by atoms with Crippen LogP contribution in [0.15, 0.2) is 89.4 Å². The molecule has 498 valence electrons. The van der Waals surface area contributed by atoms with Gasteiger partial charge >= 0.3 is 42.6 Å². The number of nitriles is 1. The number of alkyl halides is 12. The normalized spacial score (nSPS) is 13.8. The molecule has 92 heavy (non-hydrogen) atoms. The van der Waals surface area contributed by atoms with E-state index in [0.717, 1.165) is 94.9 Å². The van der Waals surface area contributed by atoms with E-state index < -0.39 is 47.0 Å². The molecule has 10 rings (SSSR count). The first-order chi connectivity index (χ1) is 44.1. The van der Waals surface area contributed by atoms with E-state index in [9.17, 15) is 62.3 Å². The van der Waals surface area contributed by atoms with Crippen LogP contribution < -0.4 is 19.6 Å². The van der Waals surface area contributed by atoms with Gasteiger partial charge in [-0.1, -0.05) is 63.9 Å². The zero-order valence-corrected chi connectivity index (χ0v) is 52.5. The number of tetrazole rings is 2. The van der Waals surface area contributed by atoms with Crippen molar-refractivity contribution in [1.29, 1.82) is 11.5 Å². The van der Waals surface area contributed by atoms with Gasteiger partial charge < -0.3 is 35.8 Å². The Bertz CT molecular complexity index is 3740. The van der Waals surface area contributed by atoms with Crippen LogP contribution in [0.5, 0.6) is 0 Å². The topological polar surface area (TPSA) is 174 Å². The minimum absolute atomic E-state index is 0.0166. The number of pyridine rings is 2. The first-order valence-corrected chi connectivity index (χ1v) is 29.4. The van der Waals surface area contributed by atoms with Crippen molar-refractivity contribution < 1.29 is 74.0 Å². The number of fused-ring (bicyclic) bond motifs is 2. The van der Waals surface area contributed by atoms with Gasteiger partial charge in [0, 0.05) is 78.7 Å². The summed E-state index contributed by atoms with van der Waals surface area (Å²) in [5.74, 6) is 2.40. The second-order valence-electron chi connectivity index (χ2n) is 21.9. The number of hydrogen-bond acceptors (Lipinski definition) is 14. The maximum absolute atomic E-state index is 13.6. The fourth-order valence-corrected chi connectivity index (χ4v) is 11.6. The van der Waals surface area contributed by atoms with Crippen molar-refractivity contribution in [3.63, 3.8) is 0 Å². The summed E-state index contributed by atoms with van der Waals surface area (Å²) >= 11 is 6.94. The van der Waals surface area contributed by atoms with Gasteiger partial charge in [0.25, 0.3) is 11.9 Å². The van der Waals surface area contributed by atoms with E-state index in [2.05, 4.69) is 79.6 Å². The summed E-state index contributed by atoms with van der Waals surface area (Å²) in [4.78, 5) is 19.6. The molecule has 0 radical (unpaired) electrons. The Morgan fingerprint density at radius 1 is 0.554 bits per heavy atom. The van der Waals surface area contributed by atoms with Crippen LogP contribution in [-0.4, -0.2) is 77.5 Å². The Balaban J connectivity index is 0.000000273. The van der Waals surface area contributed by atoms with E-state index in [1.807, 2.05) is 44.2 Å². The number of rotatable bonds is 18. The number of anilines is 4. The van der Waals surface area contributed by atoms with Gasteiger partial charge in [0.1, 0.15) is 11.6 Å². The number of benzene rings is 4.